The maximum absolute atomic E-state index is 13.8. The highest BCUT2D eigenvalue weighted by Gasteiger charge is 2.38. The largest absolute Gasteiger partial charge is 0.417 e. The molecule has 0 bridgehead atoms. The number of fused-ring (bicyclic) bond motifs is 1. The first-order valence-electron chi connectivity index (χ1n) is 11.8. The minimum absolute atomic E-state index is 0.146. The highest BCUT2D eigenvalue weighted by molar-refractivity contribution is 7.90. The molecule has 1 N–H and O–H groups in total. The molecule has 1 aromatic heterocycles. The van der Waals surface area contributed by atoms with Crippen molar-refractivity contribution in [3.8, 4) is 11.1 Å². The molecule has 1 heterocycles. The van der Waals surface area contributed by atoms with Crippen molar-refractivity contribution in [2.24, 2.45) is 5.41 Å². The fourth-order valence-corrected chi connectivity index (χ4v) is 5.82. The summed E-state index contributed by atoms with van der Waals surface area (Å²) in [6, 6.07) is 6.31. The van der Waals surface area contributed by atoms with E-state index in [2.05, 4.69) is 4.72 Å². The molecule has 37 heavy (non-hydrogen) atoms. The number of aromatic nitrogens is 1. The summed E-state index contributed by atoms with van der Waals surface area (Å²) in [4.78, 5) is 0. The lowest BCUT2D eigenvalue weighted by Crippen LogP contribution is -2.30. The molecule has 1 saturated carbocycles. The average Bonchev–Trinajstić information content (AvgIpc) is 3.57. The Morgan fingerprint density at radius 2 is 1.62 bits per heavy atom. The molecule has 4 nitrogen and oxygen atoms in total. The van der Waals surface area contributed by atoms with Crippen molar-refractivity contribution in [2.75, 3.05) is 6.54 Å². The van der Waals surface area contributed by atoms with Crippen LogP contribution in [0.3, 0.4) is 0 Å². The van der Waals surface area contributed by atoms with Crippen LogP contribution in [-0.4, -0.2) is 24.8 Å². The Morgan fingerprint density at radius 3 is 2.19 bits per heavy atom. The van der Waals surface area contributed by atoms with Crippen LogP contribution in [0.1, 0.15) is 50.3 Å². The third-order valence-corrected chi connectivity index (χ3v) is 8.22. The van der Waals surface area contributed by atoms with Crippen molar-refractivity contribution in [2.45, 2.75) is 64.2 Å². The van der Waals surface area contributed by atoms with Crippen LogP contribution < -0.4 is 4.72 Å². The molecule has 0 radical (unpaired) electrons. The lowest BCUT2D eigenvalue weighted by atomic mass is 9.87. The molecule has 0 aliphatic heterocycles. The van der Waals surface area contributed by atoms with E-state index in [9.17, 15) is 34.8 Å². The molecule has 1 aliphatic carbocycles. The van der Waals surface area contributed by atoms with Crippen LogP contribution in [-0.2, 0) is 35.3 Å². The highest BCUT2D eigenvalue weighted by Crippen LogP contribution is 2.42. The van der Waals surface area contributed by atoms with E-state index in [0.717, 1.165) is 11.6 Å². The van der Waals surface area contributed by atoms with E-state index in [-0.39, 0.29) is 34.4 Å². The second-order valence-electron chi connectivity index (χ2n) is 10.7. The van der Waals surface area contributed by atoms with E-state index in [1.54, 1.807) is 12.1 Å². The van der Waals surface area contributed by atoms with E-state index in [1.165, 1.54) is 6.07 Å². The number of benzene rings is 2. The number of sulfonamides is 1. The van der Waals surface area contributed by atoms with E-state index in [4.69, 9.17) is 0 Å². The SMILES string of the molecule is CC(C)(C)Cc1cn(CCNS(=O)(=O)C2CC2)c2ccc(-c3ccc(C(F)(F)F)cc3C(F)(F)F)cc12. The first-order chi connectivity index (χ1) is 17.0. The molecule has 1 fully saturated rings. The molecule has 202 valence electrons. The van der Waals surface area contributed by atoms with Crippen molar-refractivity contribution >= 4 is 20.9 Å². The highest BCUT2D eigenvalue weighted by atomic mass is 32.2. The number of hydrogen-bond acceptors (Lipinski definition) is 2. The van der Waals surface area contributed by atoms with Crippen LogP contribution >= 0.6 is 0 Å². The fraction of sp³-hybridized carbons (Fsp3) is 0.462. The van der Waals surface area contributed by atoms with E-state index in [1.807, 2.05) is 31.5 Å². The van der Waals surface area contributed by atoms with Gasteiger partial charge >= 0.3 is 12.4 Å². The van der Waals surface area contributed by atoms with Crippen molar-refractivity contribution in [3.63, 3.8) is 0 Å². The summed E-state index contributed by atoms with van der Waals surface area (Å²) in [5, 5.41) is 0.324. The molecular weight excluding hydrogens is 518 g/mol. The summed E-state index contributed by atoms with van der Waals surface area (Å²) < 4.78 is 110. The summed E-state index contributed by atoms with van der Waals surface area (Å²) in [5.74, 6) is 0. The summed E-state index contributed by atoms with van der Waals surface area (Å²) in [6.45, 7) is 6.53. The summed E-state index contributed by atoms with van der Waals surface area (Å²) in [7, 11) is -3.36. The standard InChI is InChI=1S/C26H28F6N2O2S/c1-24(2,3)14-17-15-34(11-10-33-37(35,36)19-6-7-19)23-9-4-16(12-21(17)23)20-8-5-18(25(27,28)29)13-22(20)26(30,31)32/h4-5,8-9,12-13,15,19,33H,6-7,10-11,14H2,1-3H3. The van der Waals surface area contributed by atoms with Crippen LogP contribution in [0.15, 0.2) is 42.6 Å². The van der Waals surface area contributed by atoms with Gasteiger partial charge in [0, 0.05) is 30.2 Å². The van der Waals surface area contributed by atoms with Gasteiger partial charge in [0.15, 0.2) is 0 Å². The second-order valence-corrected chi connectivity index (χ2v) is 12.8. The topological polar surface area (TPSA) is 51.1 Å². The van der Waals surface area contributed by atoms with Crippen LogP contribution in [0.4, 0.5) is 26.3 Å². The first kappa shape index (κ1) is 27.5. The molecule has 0 amide bonds. The van der Waals surface area contributed by atoms with E-state index < -0.39 is 33.5 Å². The Bertz CT molecular complexity index is 1410. The molecule has 0 spiro atoms. The molecule has 4 rings (SSSR count). The molecule has 0 unspecified atom stereocenters. The first-order valence-corrected chi connectivity index (χ1v) is 13.4. The molecule has 2 aromatic carbocycles. The monoisotopic (exact) mass is 546 g/mol. The minimum Gasteiger partial charge on any atom is -0.346 e. The van der Waals surface area contributed by atoms with Crippen molar-refractivity contribution in [3.05, 3.63) is 59.3 Å². The summed E-state index contributed by atoms with van der Waals surface area (Å²) in [5.41, 5.74) is -1.51. The average molecular weight is 547 g/mol. The van der Waals surface area contributed by atoms with E-state index in [0.29, 0.717) is 42.8 Å². The lowest BCUT2D eigenvalue weighted by Gasteiger charge is -2.18. The fourth-order valence-electron chi connectivity index (χ4n) is 4.45. The zero-order chi connectivity index (χ0) is 27.4. The molecule has 0 saturated heterocycles. The van der Waals surface area contributed by atoms with Gasteiger partial charge in [-0.1, -0.05) is 32.9 Å². The van der Waals surface area contributed by atoms with Gasteiger partial charge < -0.3 is 4.57 Å². The zero-order valence-corrected chi connectivity index (χ0v) is 21.4. The molecular formula is C26H28F6N2O2S. The number of alkyl halides is 6. The zero-order valence-electron chi connectivity index (χ0n) is 20.6. The lowest BCUT2D eigenvalue weighted by molar-refractivity contribution is -0.142. The van der Waals surface area contributed by atoms with Crippen molar-refractivity contribution in [1.82, 2.24) is 9.29 Å². The number of nitrogens with one attached hydrogen (secondary N) is 1. The van der Waals surface area contributed by atoms with Gasteiger partial charge in [0.2, 0.25) is 10.0 Å². The van der Waals surface area contributed by atoms with Crippen molar-refractivity contribution in [1.29, 1.82) is 0 Å². The quantitative estimate of drug-likeness (QED) is 0.324. The van der Waals surface area contributed by atoms with Gasteiger partial charge in [0.25, 0.3) is 0 Å². The van der Waals surface area contributed by atoms with Gasteiger partial charge in [-0.05, 0) is 65.6 Å². The predicted octanol–water partition coefficient (Wildman–Crippen LogP) is 7.02. The summed E-state index contributed by atoms with van der Waals surface area (Å²) >= 11 is 0. The molecule has 11 heteroatoms. The maximum Gasteiger partial charge on any atom is 0.417 e. The van der Waals surface area contributed by atoms with Gasteiger partial charge in [-0.15, -0.1) is 0 Å². The smallest absolute Gasteiger partial charge is 0.346 e. The predicted molar refractivity (Wildman–Crippen MR) is 130 cm³/mol. The summed E-state index contributed by atoms with van der Waals surface area (Å²) in [6.07, 6.45) is -6.14. The van der Waals surface area contributed by atoms with Crippen LogP contribution in [0, 0.1) is 5.41 Å². The van der Waals surface area contributed by atoms with Gasteiger partial charge in [-0.2, -0.15) is 26.3 Å². The maximum atomic E-state index is 13.8. The normalized spacial score (nSPS) is 15.5. The Labute approximate surface area is 211 Å². The third-order valence-electron chi connectivity index (χ3n) is 6.27. The third kappa shape index (κ3) is 6.31. The Morgan fingerprint density at radius 1 is 0.946 bits per heavy atom. The van der Waals surface area contributed by atoms with Gasteiger partial charge in [0.05, 0.1) is 16.4 Å². The Hall–Kier alpha value is -2.53. The molecule has 3 aromatic rings. The minimum atomic E-state index is -4.98. The van der Waals surface area contributed by atoms with Gasteiger partial charge in [-0.25, -0.2) is 13.1 Å². The second kappa shape index (κ2) is 9.34. The number of rotatable bonds is 7. The number of halogens is 6. The van der Waals surface area contributed by atoms with Crippen LogP contribution in [0.5, 0.6) is 0 Å². The van der Waals surface area contributed by atoms with Crippen LogP contribution in [0.2, 0.25) is 0 Å². The Kier molecular flexibility index (Phi) is 6.94. The molecule has 1 aliphatic rings. The molecule has 0 atom stereocenters. The van der Waals surface area contributed by atoms with Gasteiger partial charge in [0.1, 0.15) is 0 Å². The van der Waals surface area contributed by atoms with Crippen molar-refractivity contribution < 1.29 is 34.8 Å². The number of nitrogens with zero attached hydrogens (tertiary/aromatic N) is 1. The Balaban J connectivity index is 1.76. The van der Waals surface area contributed by atoms with Gasteiger partial charge in [-0.3, -0.25) is 0 Å². The van der Waals surface area contributed by atoms with Crippen LogP contribution in [0.25, 0.3) is 22.0 Å². The van der Waals surface area contributed by atoms with E-state index >= 15 is 0 Å². The number of hydrogen-bond donors (Lipinski definition) is 1.